The summed E-state index contributed by atoms with van der Waals surface area (Å²) in [5, 5.41) is 6.20. The molecule has 0 radical (unpaired) electrons. The predicted molar refractivity (Wildman–Crippen MR) is 90.7 cm³/mol. The van der Waals surface area contributed by atoms with Gasteiger partial charge in [-0.3, -0.25) is 4.79 Å². The van der Waals surface area contributed by atoms with E-state index in [0.717, 1.165) is 27.8 Å². The lowest BCUT2D eigenvalue weighted by molar-refractivity contribution is 0.0951. The van der Waals surface area contributed by atoms with Gasteiger partial charge >= 0.3 is 0 Å². The van der Waals surface area contributed by atoms with Crippen molar-refractivity contribution >= 4 is 27.5 Å². The second-order valence-electron chi connectivity index (χ2n) is 4.85. The number of aryl methyl sites for hydroxylation is 1. The van der Waals surface area contributed by atoms with Crippen LogP contribution in [0.25, 0.3) is 0 Å². The Labute approximate surface area is 133 Å². The van der Waals surface area contributed by atoms with Gasteiger partial charge in [0.05, 0.1) is 5.56 Å². The third-order valence-corrected chi connectivity index (χ3v) is 3.96. The van der Waals surface area contributed by atoms with Gasteiger partial charge in [-0.05, 0) is 37.6 Å². The van der Waals surface area contributed by atoms with Crippen molar-refractivity contribution in [3.8, 4) is 0 Å². The normalized spacial score (nSPS) is 10.2. The molecule has 0 heterocycles. The molecule has 110 valence electrons. The molecule has 1 amide bonds. The smallest absolute Gasteiger partial charge is 0.253 e. The van der Waals surface area contributed by atoms with Crippen LogP contribution in [0.3, 0.4) is 0 Å². The molecule has 0 spiro atoms. The van der Waals surface area contributed by atoms with Crippen LogP contribution in [-0.4, -0.2) is 12.5 Å². The zero-order valence-corrected chi connectivity index (χ0v) is 13.8. The topological polar surface area (TPSA) is 41.1 Å². The summed E-state index contributed by atoms with van der Waals surface area (Å²) in [6, 6.07) is 13.7. The van der Waals surface area contributed by atoms with E-state index in [0.29, 0.717) is 12.1 Å². The first-order valence-electron chi connectivity index (χ1n) is 6.98. The lowest BCUT2D eigenvalue weighted by Gasteiger charge is -2.12. The van der Waals surface area contributed by atoms with E-state index in [1.54, 1.807) is 0 Å². The molecule has 2 aromatic carbocycles. The van der Waals surface area contributed by atoms with Gasteiger partial charge in [0.1, 0.15) is 0 Å². The van der Waals surface area contributed by atoms with Crippen LogP contribution in [0.5, 0.6) is 0 Å². The van der Waals surface area contributed by atoms with Crippen LogP contribution in [0.4, 0.5) is 5.69 Å². The zero-order valence-electron chi connectivity index (χ0n) is 12.2. The number of carbonyl (C=O) groups is 1. The molecular formula is C17H19BrN2O. The van der Waals surface area contributed by atoms with Crippen LogP contribution in [0.1, 0.15) is 28.4 Å². The Kier molecular flexibility index (Phi) is 5.39. The maximum absolute atomic E-state index is 12.4. The molecule has 0 unspecified atom stereocenters. The van der Waals surface area contributed by atoms with Gasteiger partial charge in [0.25, 0.3) is 5.91 Å². The van der Waals surface area contributed by atoms with E-state index in [4.69, 9.17) is 0 Å². The molecule has 2 aromatic rings. The molecule has 0 aliphatic heterocycles. The number of amides is 1. The fraction of sp³-hybridized carbons (Fsp3) is 0.235. The van der Waals surface area contributed by atoms with Gasteiger partial charge in [-0.25, -0.2) is 0 Å². The lowest BCUT2D eigenvalue weighted by Crippen LogP contribution is -2.24. The predicted octanol–water partition coefficient (Wildman–Crippen LogP) is 4.12. The van der Waals surface area contributed by atoms with Gasteiger partial charge in [0.2, 0.25) is 0 Å². The van der Waals surface area contributed by atoms with Gasteiger partial charge in [-0.2, -0.15) is 0 Å². The Morgan fingerprint density at radius 1 is 1.19 bits per heavy atom. The van der Waals surface area contributed by atoms with Crippen molar-refractivity contribution < 1.29 is 4.79 Å². The van der Waals surface area contributed by atoms with Crippen LogP contribution in [-0.2, 0) is 6.54 Å². The van der Waals surface area contributed by atoms with Gasteiger partial charge in [0, 0.05) is 23.2 Å². The summed E-state index contributed by atoms with van der Waals surface area (Å²) >= 11 is 3.49. The van der Waals surface area contributed by atoms with Crippen molar-refractivity contribution in [3.63, 3.8) is 0 Å². The van der Waals surface area contributed by atoms with Gasteiger partial charge in [0.15, 0.2) is 0 Å². The molecule has 0 saturated carbocycles. The number of hydrogen-bond acceptors (Lipinski definition) is 2. The second-order valence-corrected chi connectivity index (χ2v) is 5.71. The number of halogens is 1. The second kappa shape index (κ2) is 7.27. The minimum atomic E-state index is -0.0644. The van der Waals surface area contributed by atoms with Gasteiger partial charge < -0.3 is 10.6 Å². The van der Waals surface area contributed by atoms with Gasteiger partial charge in [-0.1, -0.05) is 45.8 Å². The summed E-state index contributed by atoms with van der Waals surface area (Å²) in [5.74, 6) is -0.0644. The van der Waals surface area contributed by atoms with Crippen molar-refractivity contribution in [2.75, 3.05) is 11.9 Å². The summed E-state index contributed by atoms with van der Waals surface area (Å²) in [4.78, 5) is 12.4. The molecular weight excluding hydrogens is 328 g/mol. The zero-order chi connectivity index (χ0) is 15.2. The van der Waals surface area contributed by atoms with Crippen LogP contribution >= 0.6 is 15.9 Å². The lowest BCUT2D eigenvalue weighted by atomic mass is 10.1. The standard InChI is InChI=1S/C17H19BrN2O/c1-3-19-16-9-8-12(2)10-14(16)17(21)20-11-13-6-4-5-7-15(13)18/h4-10,19H,3,11H2,1-2H3,(H,20,21). The van der Waals surface area contributed by atoms with Crippen molar-refractivity contribution in [3.05, 3.63) is 63.6 Å². The average Bonchev–Trinajstić information content (AvgIpc) is 2.48. The monoisotopic (exact) mass is 346 g/mol. The summed E-state index contributed by atoms with van der Waals surface area (Å²) in [6.45, 7) is 5.29. The third-order valence-electron chi connectivity index (χ3n) is 3.18. The average molecular weight is 347 g/mol. The molecule has 0 fully saturated rings. The van der Waals surface area contributed by atoms with Crippen molar-refractivity contribution in [2.45, 2.75) is 20.4 Å². The Hall–Kier alpha value is -1.81. The fourth-order valence-corrected chi connectivity index (χ4v) is 2.53. The molecule has 0 bridgehead atoms. The molecule has 21 heavy (non-hydrogen) atoms. The molecule has 0 aromatic heterocycles. The third kappa shape index (κ3) is 4.08. The van der Waals surface area contributed by atoms with E-state index in [1.807, 2.05) is 56.3 Å². The number of carbonyl (C=O) groups excluding carboxylic acids is 1. The quantitative estimate of drug-likeness (QED) is 0.854. The first-order valence-corrected chi connectivity index (χ1v) is 7.77. The molecule has 2 rings (SSSR count). The van der Waals surface area contributed by atoms with Gasteiger partial charge in [-0.15, -0.1) is 0 Å². The number of benzene rings is 2. The first-order chi connectivity index (χ1) is 10.1. The summed E-state index contributed by atoms with van der Waals surface area (Å²) in [6.07, 6.45) is 0. The molecule has 0 saturated heterocycles. The van der Waals surface area contributed by atoms with E-state index < -0.39 is 0 Å². The summed E-state index contributed by atoms with van der Waals surface area (Å²) in [5.41, 5.74) is 3.68. The summed E-state index contributed by atoms with van der Waals surface area (Å²) in [7, 11) is 0. The minimum absolute atomic E-state index is 0.0644. The Morgan fingerprint density at radius 2 is 1.95 bits per heavy atom. The number of hydrogen-bond donors (Lipinski definition) is 2. The highest BCUT2D eigenvalue weighted by Crippen LogP contribution is 2.19. The van der Waals surface area contributed by atoms with Crippen LogP contribution in [0, 0.1) is 6.92 Å². The molecule has 2 N–H and O–H groups in total. The highest BCUT2D eigenvalue weighted by Gasteiger charge is 2.11. The number of anilines is 1. The molecule has 4 heteroatoms. The first kappa shape index (κ1) is 15.6. The largest absolute Gasteiger partial charge is 0.385 e. The maximum Gasteiger partial charge on any atom is 0.253 e. The van der Waals surface area contributed by atoms with Crippen LogP contribution < -0.4 is 10.6 Å². The number of nitrogens with one attached hydrogen (secondary N) is 2. The Bertz CT molecular complexity index is 640. The SMILES string of the molecule is CCNc1ccc(C)cc1C(=O)NCc1ccccc1Br. The highest BCUT2D eigenvalue weighted by molar-refractivity contribution is 9.10. The fourth-order valence-electron chi connectivity index (χ4n) is 2.10. The van der Waals surface area contributed by atoms with E-state index in [1.165, 1.54) is 0 Å². The summed E-state index contributed by atoms with van der Waals surface area (Å²) < 4.78 is 1.00. The maximum atomic E-state index is 12.4. The van der Waals surface area contributed by atoms with E-state index in [2.05, 4.69) is 26.6 Å². The number of rotatable bonds is 5. The van der Waals surface area contributed by atoms with Crippen molar-refractivity contribution in [2.24, 2.45) is 0 Å². The molecule has 0 atom stereocenters. The van der Waals surface area contributed by atoms with Crippen LogP contribution in [0.2, 0.25) is 0 Å². The molecule has 0 aliphatic carbocycles. The Balaban J connectivity index is 2.13. The van der Waals surface area contributed by atoms with Crippen molar-refractivity contribution in [1.29, 1.82) is 0 Å². The van der Waals surface area contributed by atoms with Crippen molar-refractivity contribution in [1.82, 2.24) is 5.32 Å². The van der Waals surface area contributed by atoms with E-state index in [9.17, 15) is 4.79 Å². The minimum Gasteiger partial charge on any atom is -0.385 e. The van der Waals surface area contributed by atoms with Crippen LogP contribution in [0.15, 0.2) is 46.9 Å². The van der Waals surface area contributed by atoms with E-state index >= 15 is 0 Å². The highest BCUT2D eigenvalue weighted by atomic mass is 79.9. The Morgan fingerprint density at radius 3 is 2.67 bits per heavy atom. The molecule has 0 aliphatic rings. The van der Waals surface area contributed by atoms with E-state index in [-0.39, 0.29) is 5.91 Å². The molecule has 3 nitrogen and oxygen atoms in total.